The molecule has 1 aliphatic rings. The number of pyridine rings is 1. The van der Waals surface area contributed by atoms with Gasteiger partial charge >= 0.3 is 0 Å². The summed E-state index contributed by atoms with van der Waals surface area (Å²) in [5.74, 6) is 0. The van der Waals surface area contributed by atoms with E-state index >= 15 is 0 Å². The highest BCUT2D eigenvalue weighted by Crippen LogP contribution is 2.31. The molecule has 1 aliphatic carbocycles. The Balaban J connectivity index is 1.86. The molecule has 1 fully saturated rings. The molecule has 2 heterocycles. The molecule has 4 rings (SSSR count). The van der Waals surface area contributed by atoms with Crippen LogP contribution in [0.25, 0.3) is 21.8 Å². The number of rotatable bonds is 2. The fourth-order valence-electron chi connectivity index (χ4n) is 3.45. The lowest BCUT2D eigenvalue weighted by Gasteiger charge is -2.24. The average Bonchev–Trinajstić information content (AvgIpc) is 2.96. The Morgan fingerprint density at radius 1 is 1.19 bits per heavy atom. The molecule has 0 radical (unpaired) electrons. The van der Waals surface area contributed by atoms with E-state index in [2.05, 4.69) is 45.6 Å². The number of anilines is 1. The van der Waals surface area contributed by atoms with Gasteiger partial charge in [0, 0.05) is 28.2 Å². The molecule has 2 N–H and O–H groups in total. The molecule has 0 atom stereocenters. The standard InChI is InChI=1S/C17H20N4/c1-11-9-15(20-13-5-3-2-4-6-13)16-14(19-11)8-7-12-10-18-21-17(12)16/h7-10,13H,2-6H2,1H3,(H,18,21)(H,19,20). The van der Waals surface area contributed by atoms with Crippen LogP contribution >= 0.6 is 0 Å². The normalized spacial score (nSPS) is 16.6. The molecule has 1 aromatic carbocycles. The summed E-state index contributed by atoms with van der Waals surface area (Å²) >= 11 is 0. The second-order valence-corrected chi connectivity index (χ2v) is 6.08. The molecule has 0 aliphatic heterocycles. The highest BCUT2D eigenvalue weighted by molar-refractivity contribution is 6.10. The predicted molar refractivity (Wildman–Crippen MR) is 86.6 cm³/mol. The van der Waals surface area contributed by atoms with Crippen LogP contribution in [0.1, 0.15) is 37.8 Å². The van der Waals surface area contributed by atoms with E-state index in [4.69, 9.17) is 0 Å². The second-order valence-electron chi connectivity index (χ2n) is 6.08. The van der Waals surface area contributed by atoms with Crippen LogP contribution < -0.4 is 5.32 Å². The zero-order valence-corrected chi connectivity index (χ0v) is 12.3. The average molecular weight is 280 g/mol. The minimum Gasteiger partial charge on any atom is -0.382 e. The molecule has 4 nitrogen and oxygen atoms in total. The summed E-state index contributed by atoms with van der Waals surface area (Å²) in [5, 5.41) is 13.4. The quantitative estimate of drug-likeness (QED) is 0.741. The fourth-order valence-corrected chi connectivity index (χ4v) is 3.45. The molecule has 0 spiro atoms. The SMILES string of the molecule is Cc1cc(NC2CCCCC2)c2c(ccc3cn[nH]c32)n1. The van der Waals surface area contributed by atoms with E-state index in [1.165, 1.54) is 43.2 Å². The number of aromatic nitrogens is 3. The predicted octanol–water partition coefficient (Wildman–Crippen LogP) is 4.16. The van der Waals surface area contributed by atoms with Crippen molar-refractivity contribution in [2.75, 3.05) is 5.32 Å². The van der Waals surface area contributed by atoms with Crippen LogP contribution in [0.3, 0.4) is 0 Å². The van der Waals surface area contributed by atoms with Gasteiger partial charge in [-0.2, -0.15) is 5.10 Å². The number of aryl methyl sites for hydroxylation is 1. The maximum atomic E-state index is 4.67. The first-order valence-corrected chi connectivity index (χ1v) is 7.81. The number of benzene rings is 1. The molecule has 2 aromatic heterocycles. The molecule has 0 bridgehead atoms. The smallest absolute Gasteiger partial charge is 0.0765 e. The van der Waals surface area contributed by atoms with Crippen LogP contribution in [-0.4, -0.2) is 21.2 Å². The maximum absolute atomic E-state index is 4.67. The summed E-state index contributed by atoms with van der Waals surface area (Å²) in [6, 6.07) is 6.92. The summed E-state index contributed by atoms with van der Waals surface area (Å²) in [6.45, 7) is 2.06. The van der Waals surface area contributed by atoms with E-state index in [9.17, 15) is 0 Å². The number of H-pyrrole nitrogens is 1. The third-order valence-electron chi connectivity index (χ3n) is 4.48. The van der Waals surface area contributed by atoms with Crippen LogP contribution in [-0.2, 0) is 0 Å². The Kier molecular flexibility index (Phi) is 3.02. The second kappa shape index (κ2) is 5.02. The van der Waals surface area contributed by atoms with Gasteiger partial charge in [0.05, 0.1) is 17.2 Å². The summed E-state index contributed by atoms with van der Waals surface area (Å²) < 4.78 is 0. The molecule has 1 saturated carbocycles. The van der Waals surface area contributed by atoms with Gasteiger partial charge in [0.2, 0.25) is 0 Å². The monoisotopic (exact) mass is 280 g/mol. The zero-order valence-electron chi connectivity index (χ0n) is 12.3. The topological polar surface area (TPSA) is 53.6 Å². The number of hydrogen-bond acceptors (Lipinski definition) is 3. The number of aromatic amines is 1. The number of nitrogens with one attached hydrogen (secondary N) is 2. The lowest BCUT2D eigenvalue weighted by atomic mass is 9.95. The highest BCUT2D eigenvalue weighted by Gasteiger charge is 2.16. The molecular weight excluding hydrogens is 260 g/mol. The number of hydrogen-bond donors (Lipinski definition) is 2. The highest BCUT2D eigenvalue weighted by atomic mass is 15.1. The maximum Gasteiger partial charge on any atom is 0.0765 e. The van der Waals surface area contributed by atoms with Crippen molar-refractivity contribution in [2.45, 2.75) is 45.1 Å². The summed E-state index contributed by atoms with van der Waals surface area (Å²) in [7, 11) is 0. The van der Waals surface area contributed by atoms with Crippen LogP contribution in [0.5, 0.6) is 0 Å². The summed E-state index contributed by atoms with van der Waals surface area (Å²) in [4.78, 5) is 4.67. The minimum atomic E-state index is 0.585. The first-order chi connectivity index (χ1) is 10.3. The van der Waals surface area contributed by atoms with E-state index < -0.39 is 0 Å². The first-order valence-electron chi connectivity index (χ1n) is 7.81. The largest absolute Gasteiger partial charge is 0.382 e. The Labute approximate surface area is 124 Å². The van der Waals surface area contributed by atoms with Gasteiger partial charge in [0.25, 0.3) is 0 Å². The summed E-state index contributed by atoms with van der Waals surface area (Å²) in [6.07, 6.45) is 8.44. The van der Waals surface area contributed by atoms with Crippen molar-refractivity contribution < 1.29 is 0 Å². The van der Waals surface area contributed by atoms with Gasteiger partial charge in [-0.25, -0.2) is 0 Å². The van der Waals surface area contributed by atoms with Crippen molar-refractivity contribution >= 4 is 27.5 Å². The van der Waals surface area contributed by atoms with E-state index in [1.54, 1.807) is 0 Å². The third-order valence-corrected chi connectivity index (χ3v) is 4.48. The molecular formula is C17H20N4. The molecule has 21 heavy (non-hydrogen) atoms. The van der Waals surface area contributed by atoms with Gasteiger partial charge in [-0.3, -0.25) is 10.1 Å². The van der Waals surface area contributed by atoms with Crippen LogP contribution in [0, 0.1) is 6.92 Å². The number of fused-ring (bicyclic) bond motifs is 3. The Hall–Kier alpha value is -2.10. The molecule has 108 valence electrons. The Morgan fingerprint density at radius 3 is 2.90 bits per heavy atom. The van der Waals surface area contributed by atoms with Gasteiger partial charge in [-0.05, 0) is 38.0 Å². The molecule has 0 unspecified atom stereocenters. The van der Waals surface area contributed by atoms with Gasteiger partial charge in [-0.15, -0.1) is 0 Å². The molecule has 0 amide bonds. The molecule has 0 saturated heterocycles. The van der Waals surface area contributed by atoms with Crippen LogP contribution in [0.15, 0.2) is 24.4 Å². The van der Waals surface area contributed by atoms with Crippen LogP contribution in [0.2, 0.25) is 0 Å². The Bertz CT molecular complexity index is 784. The Morgan fingerprint density at radius 2 is 2.05 bits per heavy atom. The van der Waals surface area contributed by atoms with Gasteiger partial charge < -0.3 is 5.32 Å². The van der Waals surface area contributed by atoms with Crippen molar-refractivity contribution in [3.05, 3.63) is 30.1 Å². The van der Waals surface area contributed by atoms with Crippen molar-refractivity contribution in [2.24, 2.45) is 0 Å². The minimum absolute atomic E-state index is 0.585. The molecule has 4 heteroatoms. The van der Waals surface area contributed by atoms with Crippen molar-refractivity contribution in [1.29, 1.82) is 0 Å². The van der Waals surface area contributed by atoms with Gasteiger partial charge in [0.1, 0.15) is 0 Å². The summed E-state index contributed by atoms with van der Waals surface area (Å²) in [5.41, 5.74) is 4.36. The van der Waals surface area contributed by atoms with Crippen molar-refractivity contribution in [3.63, 3.8) is 0 Å². The fraction of sp³-hybridized carbons (Fsp3) is 0.412. The lowest BCUT2D eigenvalue weighted by Crippen LogP contribution is -2.22. The van der Waals surface area contributed by atoms with Gasteiger partial charge in [-0.1, -0.05) is 19.3 Å². The van der Waals surface area contributed by atoms with Crippen molar-refractivity contribution in [3.8, 4) is 0 Å². The zero-order chi connectivity index (χ0) is 14.2. The van der Waals surface area contributed by atoms with Crippen LogP contribution in [0.4, 0.5) is 5.69 Å². The lowest BCUT2D eigenvalue weighted by molar-refractivity contribution is 0.463. The first kappa shape index (κ1) is 12.6. The van der Waals surface area contributed by atoms with E-state index in [0.29, 0.717) is 6.04 Å². The van der Waals surface area contributed by atoms with E-state index in [-0.39, 0.29) is 0 Å². The van der Waals surface area contributed by atoms with Crippen molar-refractivity contribution in [1.82, 2.24) is 15.2 Å². The third kappa shape index (κ3) is 2.24. The number of nitrogens with zero attached hydrogens (tertiary/aromatic N) is 2. The molecule has 3 aromatic rings. The van der Waals surface area contributed by atoms with E-state index in [1.807, 2.05) is 6.20 Å². The van der Waals surface area contributed by atoms with Gasteiger partial charge in [0.15, 0.2) is 0 Å². The van der Waals surface area contributed by atoms with E-state index in [0.717, 1.165) is 22.1 Å².